The first kappa shape index (κ1) is 9.50. The zero-order valence-electron chi connectivity index (χ0n) is 6.53. The Hall–Kier alpha value is 0.410. The molecular formula is C7H14O2PS+. The summed E-state index contributed by atoms with van der Waals surface area (Å²) < 4.78 is 15.4. The maximum Gasteiger partial charge on any atom is 0.582 e. The zero-order chi connectivity index (χ0) is 8.10. The highest BCUT2D eigenvalue weighted by atomic mass is 32.7. The van der Waals surface area contributed by atoms with E-state index >= 15 is 0 Å². The molecule has 1 rings (SSSR count). The van der Waals surface area contributed by atoms with Gasteiger partial charge in [-0.15, -0.1) is 4.52 Å². The first-order valence-corrected chi connectivity index (χ1v) is 6.41. The molecule has 0 amide bonds. The number of hydrogen-bond donors (Lipinski definition) is 1. The lowest BCUT2D eigenvalue weighted by Crippen LogP contribution is -2.10. The van der Waals surface area contributed by atoms with Crippen LogP contribution in [0.25, 0.3) is 0 Å². The van der Waals surface area contributed by atoms with E-state index < -0.39 is 7.23 Å². The highest BCUT2D eigenvalue weighted by Crippen LogP contribution is 2.31. The van der Waals surface area contributed by atoms with Crippen molar-refractivity contribution in [2.24, 2.45) is 5.92 Å². The van der Waals surface area contributed by atoms with Crippen molar-refractivity contribution in [3.63, 3.8) is 0 Å². The van der Waals surface area contributed by atoms with E-state index in [0.29, 0.717) is 12.5 Å². The van der Waals surface area contributed by atoms with Crippen molar-refractivity contribution in [1.82, 2.24) is 0 Å². The summed E-state index contributed by atoms with van der Waals surface area (Å²) in [4.78, 5) is 0. The van der Waals surface area contributed by atoms with E-state index in [4.69, 9.17) is 4.52 Å². The van der Waals surface area contributed by atoms with Gasteiger partial charge < -0.3 is 0 Å². The van der Waals surface area contributed by atoms with Crippen LogP contribution in [-0.4, -0.2) is 6.61 Å². The van der Waals surface area contributed by atoms with Crippen molar-refractivity contribution < 1.29 is 9.09 Å². The largest absolute Gasteiger partial charge is 0.582 e. The maximum absolute atomic E-state index is 10.5. The standard InChI is InChI=1S/C7H13O2PS/c8-10(11)9-6-7-4-2-1-3-5-7/h7H,1-6H2/p+1. The molecule has 0 aromatic rings. The Morgan fingerprint density at radius 2 is 2.00 bits per heavy atom. The molecule has 0 aliphatic heterocycles. The quantitative estimate of drug-likeness (QED) is 0.550. The van der Waals surface area contributed by atoms with Gasteiger partial charge in [-0.05, 0) is 23.3 Å². The fraction of sp³-hybridized carbons (Fsp3) is 1.00. The molecule has 0 heterocycles. The van der Waals surface area contributed by atoms with E-state index in [2.05, 4.69) is 12.2 Å². The van der Waals surface area contributed by atoms with Crippen LogP contribution in [0.3, 0.4) is 0 Å². The van der Waals surface area contributed by atoms with E-state index in [9.17, 15) is 4.57 Å². The molecule has 1 saturated carbocycles. The molecule has 0 radical (unpaired) electrons. The normalized spacial score (nSPS) is 21.7. The Bertz CT molecular complexity index is 134. The lowest BCUT2D eigenvalue weighted by atomic mass is 9.90. The van der Waals surface area contributed by atoms with Crippen LogP contribution in [0.4, 0.5) is 0 Å². The van der Waals surface area contributed by atoms with Gasteiger partial charge in [0, 0.05) is 0 Å². The molecular weight excluding hydrogens is 179 g/mol. The molecule has 4 heteroatoms. The van der Waals surface area contributed by atoms with Gasteiger partial charge in [-0.2, -0.15) is 0 Å². The van der Waals surface area contributed by atoms with Crippen molar-refractivity contribution in [3.05, 3.63) is 0 Å². The van der Waals surface area contributed by atoms with Crippen molar-refractivity contribution in [2.75, 3.05) is 6.61 Å². The molecule has 1 aliphatic rings. The molecule has 0 saturated heterocycles. The topological polar surface area (TPSA) is 26.3 Å². The minimum Gasteiger partial charge on any atom is -0.136 e. The molecule has 11 heavy (non-hydrogen) atoms. The van der Waals surface area contributed by atoms with Gasteiger partial charge in [-0.1, -0.05) is 19.3 Å². The van der Waals surface area contributed by atoms with E-state index in [-0.39, 0.29) is 0 Å². The van der Waals surface area contributed by atoms with Gasteiger partial charge in [0.25, 0.3) is 0 Å². The molecule has 1 fully saturated rings. The van der Waals surface area contributed by atoms with Crippen LogP contribution in [-0.2, 0) is 9.09 Å². The van der Waals surface area contributed by atoms with Gasteiger partial charge in [0.2, 0.25) is 0 Å². The Balaban J connectivity index is 2.09. The lowest BCUT2D eigenvalue weighted by Gasteiger charge is -2.18. The van der Waals surface area contributed by atoms with Crippen LogP contribution in [0, 0.1) is 5.92 Å². The molecule has 64 valence electrons. The molecule has 1 atom stereocenters. The first-order valence-electron chi connectivity index (χ1n) is 4.08. The summed E-state index contributed by atoms with van der Waals surface area (Å²) in [5.41, 5.74) is 0. The van der Waals surface area contributed by atoms with Gasteiger partial charge in [0.15, 0.2) is 0 Å². The summed E-state index contributed by atoms with van der Waals surface area (Å²) in [6.07, 6.45) is 6.42. The Morgan fingerprint density at radius 1 is 1.36 bits per heavy atom. The number of thiol groups is 1. The van der Waals surface area contributed by atoms with E-state index in [1.165, 1.54) is 32.1 Å². The average molecular weight is 193 g/mol. The minimum absolute atomic E-state index is 0.634. The highest BCUT2D eigenvalue weighted by Gasteiger charge is 2.18. The van der Waals surface area contributed by atoms with Crippen molar-refractivity contribution in [1.29, 1.82) is 0 Å². The predicted octanol–water partition coefficient (Wildman–Crippen LogP) is 3.17. The summed E-state index contributed by atoms with van der Waals surface area (Å²) in [5.74, 6) is 0.634. The van der Waals surface area contributed by atoms with Gasteiger partial charge in [0.05, 0.1) is 0 Å². The maximum atomic E-state index is 10.5. The molecule has 0 bridgehead atoms. The van der Waals surface area contributed by atoms with Crippen LogP contribution < -0.4 is 0 Å². The number of hydrogen-bond acceptors (Lipinski definition) is 2. The second-order valence-corrected chi connectivity index (χ2v) is 4.75. The van der Waals surface area contributed by atoms with Crippen molar-refractivity contribution in [3.8, 4) is 0 Å². The second kappa shape index (κ2) is 5.13. The highest BCUT2D eigenvalue weighted by molar-refractivity contribution is 8.39. The third-order valence-corrected chi connectivity index (χ3v) is 2.86. The third kappa shape index (κ3) is 4.09. The fourth-order valence-electron chi connectivity index (χ4n) is 1.52. The second-order valence-electron chi connectivity index (χ2n) is 3.04. The summed E-state index contributed by atoms with van der Waals surface area (Å²) in [6, 6.07) is 0. The van der Waals surface area contributed by atoms with E-state index in [1.54, 1.807) is 0 Å². The molecule has 0 aromatic heterocycles. The monoisotopic (exact) mass is 193 g/mol. The molecule has 1 unspecified atom stereocenters. The van der Waals surface area contributed by atoms with Crippen LogP contribution in [0.15, 0.2) is 0 Å². The molecule has 1 aliphatic carbocycles. The summed E-state index contributed by atoms with van der Waals surface area (Å²) in [6.45, 7) is 0.638. The van der Waals surface area contributed by atoms with E-state index in [0.717, 1.165) is 0 Å². The molecule has 2 nitrogen and oxygen atoms in total. The summed E-state index contributed by atoms with van der Waals surface area (Å²) >= 11 is 3.68. The zero-order valence-corrected chi connectivity index (χ0v) is 8.32. The Labute approximate surface area is 73.7 Å². The molecule has 0 aromatic carbocycles. The third-order valence-electron chi connectivity index (χ3n) is 2.15. The van der Waals surface area contributed by atoms with Crippen LogP contribution >= 0.6 is 19.5 Å². The Kier molecular flexibility index (Phi) is 4.43. The average Bonchev–Trinajstić information content (AvgIpc) is 2.03. The Morgan fingerprint density at radius 3 is 2.55 bits per heavy atom. The fourth-order valence-corrected chi connectivity index (χ4v) is 2.06. The van der Waals surface area contributed by atoms with Gasteiger partial charge in [-0.3, -0.25) is 0 Å². The van der Waals surface area contributed by atoms with E-state index in [1.807, 2.05) is 0 Å². The summed E-state index contributed by atoms with van der Waals surface area (Å²) in [7, 11) is -1.68. The number of rotatable bonds is 3. The van der Waals surface area contributed by atoms with Crippen molar-refractivity contribution in [2.45, 2.75) is 32.1 Å². The molecule has 0 spiro atoms. The van der Waals surface area contributed by atoms with Crippen LogP contribution in [0.2, 0.25) is 0 Å². The van der Waals surface area contributed by atoms with Crippen LogP contribution in [0.5, 0.6) is 0 Å². The van der Waals surface area contributed by atoms with Gasteiger partial charge in [-0.25, -0.2) is 0 Å². The van der Waals surface area contributed by atoms with Crippen molar-refractivity contribution >= 4 is 19.5 Å². The SMILES string of the molecule is O=[P+](S)OCC1CCCCC1. The summed E-state index contributed by atoms with van der Waals surface area (Å²) in [5, 5.41) is 0. The van der Waals surface area contributed by atoms with Crippen LogP contribution in [0.1, 0.15) is 32.1 Å². The predicted molar refractivity (Wildman–Crippen MR) is 49.1 cm³/mol. The lowest BCUT2D eigenvalue weighted by molar-refractivity contribution is 0.222. The smallest absolute Gasteiger partial charge is 0.136 e. The van der Waals surface area contributed by atoms with Gasteiger partial charge in [0.1, 0.15) is 18.9 Å². The first-order chi connectivity index (χ1) is 5.29. The van der Waals surface area contributed by atoms with Gasteiger partial charge >= 0.3 is 7.23 Å². The molecule has 0 N–H and O–H groups in total. The minimum atomic E-state index is -1.68.